The maximum atomic E-state index is 12.7. The number of benzene rings is 2. The van der Waals surface area contributed by atoms with Crippen LogP contribution in [0.2, 0.25) is 0 Å². The van der Waals surface area contributed by atoms with Crippen LogP contribution in [0.5, 0.6) is 0 Å². The molecule has 1 aliphatic heterocycles. The van der Waals surface area contributed by atoms with Gasteiger partial charge in [-0.05, 0) is 18.1 Å². The topological polar surface area (TPSA) is 32.7 Å². The molecule has 0 bridgehead atoms. The molecule has 2 aromatic rings. The zero-order valence-corrected chi connectivity index (χ0v) is 12.8. The molecule has 1 aliphatic rings. The second-order valence-corrected chi connectivity index (χ2v) is 5.55. The largest absolute Gasteiger partial charge is 0.299 e. The van der Waals surface area contributed by atoms with E-state index in [0.29, 0.717) is 13.0 Å². The molecule has 2 aromatic carbocycles. The second kappa shape index (κ2) is 6.56. The quantitative estimate of drug-likeness (QED) is 0.849. The van der Waals surface area contributed by atoms with E-state index in [9.17, 15) is 4.79 Å². The molecule has 1 amide bonds. The minimum absolute atomic E-state index is 0.0864. The Bertz CT molecular complexity index is 625. The van der Waals surface area contributed by atoms with E-state index in [1.54, 1.807) is 4.90 Å². The summed E-state index contributed by atoms with van der Waals surface area (Å²) in [4.78, 5) is 18.8. The van der Waals surface area contributed by atoms with Crippen LogP contribution in [-0.4, -0.2) is 29.7 Å². The summed E-state index contributed by atoms with van der Waals surface area (Å²) in [6, 6.07) is 20.5. The zero-order valence-electron chi connectivity index (χ0n) is 12.8. The summed E-state index contributed by atoms with van der Waals surface area (Å²) in [7, 11) is 0. The minimum atomic E-state index is 0.0864. The van der Waals surface area contributed by atoms with Crippen molar-refractivity contribution in [2.75, 3.05) is 13.1 Å². The third kappa shape index (κ3) is 3.08. The molecule has 22 heavy (non-hydrogen) atoms. The van der Waals surface area contributed by atoms with E-state index >= 15 is 0 Å². The maximum absolute atomic E-state index is 12.7. The molecule has 0 saturated carbocycles. The molecule has 0 atom stereocenters. The van der Waals surface area contributed by atoms with Crippen molar-refractivity contribution in [3.63, 3.8) is 0 Å². The van der Waals surface area contributed by atoms with E-state index in [1.165, 1.54) is 11.1 Å². The lowest BCUT2D eigenvalue weighted by Gasteiger charge is -2.22. The summed E-state index contributed by atoms with van der Waals surface area (Å²) in [5.74, 6) is 1.07. The van der Waals surface area contributed by atoms with Gasteiger partial charge in [0.25, 0.3) is 0 Å². The number of nitrogens with zero attached hydrogens (tertiary/aromatic N) is 2. The molecule has 3 heteroatoms. The molecule has 0 aromatic heterocycles. The fraction of sp³-hybridized carbons (Fsp3) is 0.263. The highest BCUT2D eigenvalue weighted by molar-refractivity contribution is 5.98. The van der Waals surface area contributed by atoms with Gasteiger partial charge in [-0.3, -0.25) is 14.7 Å². The second-order valence-electron chi connectivity index (χ2n) is 5.55. The molecule has 0 saturated heterocycles. The van der Waals surface area contributed by atoms with Gasteiger partial charge in [0.15, 0.2) is 0 Å². The third-order valence-electron chi connectivity index (χ3n) is 4.14. The average molecular weight is 292 g/mol. The Morgan fingerprint density at radius 2 is 1.59 bits per heavy atom. The van der Waals surface area contributed by atoms with Gasteiger partial charge in [-0.25, -0.2) is 0 Å². The van der Waals surface area contributed by atoms with E-state index in [4.69, 9.17) is 0 Å². The molecule has 0 unspecified atom stereocenters. The normalized spacial score (nSPS) is 14.3. The van der Waals surface area contributed by atoms with Crippen molar-refractivity contribution >= 4 is 11.7 Å². The zero-order chi connectivity index (χ0) is 15.4. The standard InChI is InChI=1S/C19H20N2O/c1-15-20-12-13-21(15)19(22)14-18(16-8-4-2-5-9-16)17-10-6-3-7-11-17/h2-11,18H,12-14H2,1H3. The SMILES string of the molecule is CC1=NCCN1C(=O)CC(c1ccccc1)c1ccccc1. The molecular formula is C19H20N2O. The average Bonchev–Trinajstić information content (AvgIpc) is 3.00. The summed E-state index contributed by atoms with van der Waals surface area (Å²) in [6.45, 7) is 3.34. The molecular weight excluding hydrogens is 272 g/mol. The van der Waals surface area contributed by atoms with Gasteiger partial charge in [0.05, 0.1) is 6.54 Å². The molecule has 0 radical (unpaired) electrons. The minimum Gasteiger partial charge on any atom is -0.299 e. The van der Waals surface area contributed by atoms with Crippen molar-refractivity contribution in [1.82, 2.24) is 4.90 Å². The summed E-state index contributed by atoms with van der Waals surface area (Å²) in [5.41, 5.74) is 2.35. The predicted octanol–water partition coefficient (Wildman–Crippen LogP) is 3.47. The van der Waals surface area contributed by atoms with Gasteiger partial charge >= 0.3 is 0 Å². The molecule has 0 aliphatic carbocycles. The van der Waals surface area contributed by atoms with Gasteiger partial charge in [0.1, 0.15) is 5.84 Å². The van der Waals surface area contributed by atoms with Crippen molar-refractivity contribution in [3.05, 3.63) is 71.8 Å². The monoisotopic (exact) mass is 292 g/mol. The molecule has 3 nitrogen and oxygen atoms in total. The third-order valence-corrected chi connectivity index (χ3v) is 4.14. The number of rotatable bonds is 4. The first-order valence-corrected chi connectivity index (χ1v) is 7.67. The first kappa shape index (κ1) is 14.5. The van der Waals surface area contributed by atoms with E-state index in [1.807, 2.05) is 43.3 Å². The Morgan fingerprint density at radius 1 is 1.05 bits per heavy atom. The highest BCUT2D eigenvalue weighted by Crippen LogP contribution is 2.28. The van der Waals surface area contributed by atoms with Gasteiger partial charge in [0, 0.05) is 18.9 Å². The molecule has 112 valence electrons. The summed E-state index contributed by atoms with van der Waals surface area (Å²) >= 11 is 0. The number of amides is 1. The lowest BCUT2D eigenvalue weighted by molar-refractivity contribution is -0.127. The fourth-order valence-corrected chi connectivity index (χ4v) is 2.95. The molecule has 3 rings (SSSR count). The molecule has 0 fully saturated rings. The van der Waals surface area contributed by atoms with Gasteiger partial charge in [-0.15, -0.1) is 0 Å². The fourth-order valence-electron chi connectivity index (χ4n) is 2.95. The number of carbonyl (C=O) groups is 1. The Kier molecular flexibility index (Phi) is 4.33. The Morgan fingerprint density at radius 3 is 2.05 bits per heavy atom. The van der Waals surface area contributed by atoms with Crippen LogP contribution in [0, 0.1) is 0 Å². The number of hydrogen-bond donors (Lipinski definition) is 0. The predicted molar refractivity (Wildman–Crippen MR) is 89.0 cm³/mol. The highest BCUT2D eigenvalue weighted by Gasteiger charge is 2.25. The lowest BCUT2D eigenvalue weighted by atomic mass is 9.88. The van der Waals surface area contributed by atoms with Gasteiger partial charge in [0.2, 0.25) is 5.91 Å². The van der Waals surface area contributed by atoms with Crippen LogP contribution in [0.1, 0.15) is 30.4 Å². The molecule has 0 N–H and O–H groups in total. The first-order valence-electron chi connectivity index (χ1n) is 7.67. The van der Waals surface area contributed by atoms with Gasteiger partial charge in [-0.2, -0.15) is 0 Å². The Labute approximate surface area is 131 Å². The van der Waals surface area contributed by atoms with E-state index in [2.05, 4.69) is 29.3 Å². The number of carbonyl (C=O) groups excluding carboxylic acids is 1. The van der Waals surface area contributed by atoms with Crippen LogP contribution in [0.15, 0.2) is 65.7 Å². The van der Waals surface area contributed by atoms with Crippen LogP contribution in [0.3, 0.4) is 0 Å². The number of hydrogen-bond acceptors (Lipinski definition) is 2. The molecule has 0 spiro atoms. The van der Waals surface area contributed by atoms with Crippen molar-refractivity contribution < 1.29 is 4.79 Å². The van der Waals surface area contributed by atoms with Crippen LogP contribution < -0.4 is 0 Å². The number of aliphatic imine (C=N–C) groups is 1. The van der Waals surface area contributed by atoms with Crippen molar-refractivity contribution in [2.45, 2.75) is 19.3 Å². The molecule has 1 heterocycles. The Balaban J connectivity index is 1.86. The number of amidine groups is 1. The highest BCUT2D eigenvalue weighted by atomic mass is 16.2. The van der Waals surface area contributed by atoms with E-state index in [0.717, 1.165) is 12.4 Å². The summed E-state index contributed by atoms with van der Waals surface area (Å²) in [6.07, 6.45) is 0.473. The van der Waals surface area contributed by atoms with Crippen molar-refractivity contribution in [1.29, 1.82) is 0 Å². The van der Waals surface area contributed by atoms with Crippen LogP contribution in [0.4, 0.5) is 0 Å². The maximum Gasteiger partial charge on any atom is 0.228 e. The van der Waals surface area contributed by atoms with Crippen LogP contribution in [-0.2, 0) is 4.79 Å². The smallest absolute Gasteiger partial charge is 0.228 e. The van der Waals surface area contributed by atoms with Gasteiger partial charge in [-0.1, -0.05) is 60.7 Å². The van der Waals surface area contributed by atoms with E-state index in [-0.39, 0.29) is 11.8 Å². The van der Waals surface area contributed by atoms with Crippen molar-refractivity contribution in [3.8, 4) is 0 Å². The lowest BCUT2D eigenvalue weighted by Crippen LogP contribution is -2.33. The Hall–Kier alpha value is -2.42. The van der Waals surface area contributed by atoms with Crippen LogP contribution in [0.25, 0.3) is 0 Å². The van der Waals surface area contributed by atoms with E-state index < -0.39 is 0 Å². The van der Waals surface area contributed by atoms with Gasteiger partial charge < -0.3 is 0 Å². The summed E-state index contributed by atoms with van der Waals surface area (Å²) < 4.78 is 0. The first-order chi connectivity index (χ1) is 10.8. The van der Waals surface area contributed by atoms with Crippen LogP contribution >= 0.6 is 0 Å². The summed E-state index contributed by atoms with van der Waals surface area (Å²) in [5, 5.41) is 0. The van der Waals surface area contributed by atoms with Crippen molar-refractivity contribution in [2.24, 2.45) is 4.99 Å².